The van der Waals surface area contributed by atoms with Gasteiger partial charge < -0.3 is 9.51 Å². The molecule has 2 aromatic heterocycles. The van der Waals surface area contributed by atoms with Gasteiger partial charge in [-0.3, -0.25) is 0 Å². The van der Waals surface area contributed by atoms with Gasteiger partial charge in [0, 0.05) is 15.6 Å². The second-order valence-electron chi connectivity index (χ2n) is 4.37. The molecule has 1 aromatic carbocycles. The summed E-state index contributed by atoms with van der Waals surface area (Å²) in [4.78, 5) is 7.79. The molecule has 0 aliphatic rings. The van der Waals surface area contributed by atoms with Crippen molar-refractivity contribution in [3.63, 3.8) is 0 Å². The third-order valence-corrected chi connectivity index (χ3v) is 3.43. The Morgan fingerprint density at radius 2 is 2.00 bits per heavy atom. The van der Waals surface area contributed by atoms with Crippen LogP contribution in [0.2, 0.25) is 0 Å². The summed E-state index contributed by atoms with van der Waals surface area (Å²) in [5.74, 6) is 1.71. The van der Waals surface area contributed by atoms with Crippen molar-refractivity contribution >= 4 is 27.0 Å². The normalized spacial score (nSPS) is 11.3. The highest BCUT2D eigenvalue weighted by Crippen LogP contribution is 2.34. The zero-order valence-electron chi connectivity index (χ0n) is 10.3. The third kappa shape index (κ3) is 1.66. The number of fused-ring (bicyclic) bond motifs is 1. The van der Waals surface area contributed by atoms with Gasteiger partial charge in [0.05, 0.1) is 16.7 Å². The lowest BCUT2D eigenvalue weighted by molar-refractivity contribution is 0.393. The van der Waals surface area contributed by atoms with E-state index < -0.39 is 0 Å². The number of imidazole rings is 1. The van der Waals surface area contributed by atoms with Crippen LogP contribution in [-0.2, 0) is 0 Å². The van der Waals surface area contributed by atoms with E-state index in [0.29, 0.717) is 0 Å². The van der Waals surface area contributed by atoms with Gasteiger partial charge in [-0.1, -0.05) is 21.1 Å². The fourth-order valence-electron chi connectivity index (χ4n) is 2.26. The zero-order valence-corrected chi connectivity index (χ0v) is 11.9. The van der Waals surface area contributed by atoms with Crippen LogP contribution in [0.4, 0.5) is 0 Å². The van der Waals surface area contributed by atoms with Crippen molar-refractivity contribution in [2.24, 2.45) is 0 Å². The van der Waals surface area contributed by atoms with Crippen LogP contribution in [0.25, 0.3) is 22.2 Å². The first-order valence-electron chi connectivity index (χ1n) is 5.65. The van der Waals surface area contributed by atoms with Gasteiger partial charge in [-0.15, -0.1) is 0 Å². The minimum atomic E-state index is 0.813. The maximum Gasteiger partial charge on any atom is 0.141 e. The maximum atomic E-state index is 5.24. The van der Waals surface area contributed by atoms with Crippen LogP contribution in [0.1, 0.15) is 17.3 Å². The van der Waals surface area contributed by atoms with E-state index in [-0.39, 0.29) is 0 Å². The van der Waals surface area contributed by atoms with Crippen LogP contribution in [0.5, 0.6) is 0 Å². The molecule has 0 spiro atoms. The molecule has 2 heterocycles. The van der Waals surface area contributed by atoms with Gasteiger partial charge in [-0.25, -0.2) is 4.98 Å². The molecule has 0 aliphatic carbocycles. The number of aromatic nitrogens is 3. The molecule has 92 valence electrons. The molecule has 18 heavy (non-hydrogen) atoms. The van der Waals surface area contributed by atoms with E-state index in [9.17, 15) is 0 Å². The molecule has 3 rings (SSSR count). The number of aryl methyl sites for hydroxylation is 3. The first kappa shape index (κ1) is 11.5. The van der Waals surface area contributed by atoms with E-state index in [2.05, 4.69) is 37.1 Å². The first-order valence-corrected chi connectivity index (χ1v) is 6.44. The Labute approximate surface area is 113 Å². The molecule has 1 N–H and O–H groups in total. The van der Waals surface area contributed by atoms with Gasteiger partial charge in [-0.2, -0.15) is 0 Å². The maximum absolute atomic E-state index is 5.24. The number of aromatic amines is 1. The second-order valence-corrected chi connectivity index (χ2v) is 5.29. The molecule has 3 aromatic rings. The van der Waals surface area contributed by atoms with Crippen molar-refractivity contribution in [1.29, 1.82) is 0 Å². The molecule has 4 nitrogen and oxygen atoms in total. The highest BCUT2D eigenvalue weighted by molar-refractivity contribution is 9.10. The van der Waals surface area contributed by atoms with E-state index >= 15 is 0 Å². The Hall–Kier alpha value is -1.62. The lowest BCUT2D eigenvalue weighted by Gasteiger charge is -2.03. The monoisotopic (exact) mass is 305 g/mol. The van der Waals surface area contributed by atoms with E-state index in [4.69, 9.17) is 4.52 Å². The molecular weight excluding hydrogens is 294 g/mol. The number of rotatable bonds is 1. The molecule has 0 amide bonds. The average Bonchev–Trinajstić information content (AvgIpc) is 2.81. The van der Waals surface area contributed by atoms with Crippen LogP contribution in [0.15, 0.2) is 21.1 Å². The molecule has 0 bridgehead atoms. The summed E-state index contributed by atoms with van der Waals surface area (Å²) in [7, 11) is 0. The standard InChI is InChI=1S/C13H12BrN3O/c1-6-12(7(2)18-17-6)10-4-9(14)5-11-13(10)16-8(3)15-11/h4-5H,1-3H3,(H,15,16). The fourth-order valence-corrected chi connectivity index (χ4v) is 2.72. The summed E-state index contributed by atoms with van der Waals surface area (Å²) in [6.45, 7) is 5.81. The fraction of sp³-hybridized carbons (Fsp3) is 0.231. The topological polar surface area (TPSA) is 54.7 Å². The molecular formula is C13H12BrN3O. The number of H-pyrrole nitrogens is 1. The summed E-state index contributed by atoms with van der Waals surface area (Å²) in [5.41, 5.74) is 4.90. The van der Waals surface area contributed by atoms with Crippen LogP contribution in [0.3, 0.4) is 0 Å². The highest BCUT2D eigenvalue weighted by Gasteiger charge is 2.16. The highest BCUT2D eigenvalue weighted by atomic mass is 79.9. The Balaban J connectivity index is 2.41. The molecule has 0 aliphatic heterocycles. The predicted molar refractivity (Wildman–Crippen MR) is 73.5 cm³/mol. The second kappa shape index (κ2) is 3.95. The molecule has 0 unspecified atom stereocenters. The van der Waals surface area contributed by atoms with Gasteiger partial charge in [0.15, 0.2) is 0 Å². The SMILES string of the molecule is Cc1nc2c(-c3c(C)noc3C)cc(Br)cc2[nH]1. The van der Waals surface area contributed by atoms with Crippen LogP contribution in [0, 0.1) is 20.8 Å². The Morgan fingerprint density at radius 3 is 2.67 bits per heavy atom. The van der Waals surface area contributed by atoms with Crippen molar-refractivity contribution in [3.8, 4) is 11.1 Å². The van der Waals surface area contributed by atoms with Gasteiger partial charge >= 0.3 is 0 Å². The first-order chi connectivity index (χ1) is 8.56. The van der Waals surface area contributed by atoms with Crippen molar-refractivity contribution in [1.82, 2.24) is 15.1 Å². The van der Waals surface area contributed by atoms with E-state index in [1.54, 1.807) is 0 Å². The summed E-state index contributed by atoms with van der Waals surface area (Å²) in [5, 5.41) is 4.01. The molecule has 0 saturated heterocycles. The molecule has 0 fully saturated rings. The molecule has 0 atom stereocenters. The third-order valence-electron chi connectivity index (χ3n) is 2.97. The minimum absolute atomic E-state index is 0.813. The van der Waals surface area contributed by atoms with Crippen molar-refractivity contribution in [2.45, 2.75) is 20.8 Å². The number of nitrogens with zero attached hydrogens (tertiary/aromatic N) is 2. The lowest BCUT2D eigenvalue weighted by atomic mass is 10.0. The number of hydrogen-bond donors (Lipinski definition) is 1. The average molecular weight is 306 g/mol. The number of benzene rings is 1. The van der Waals surface area contributed by atoms with Crippen molar-refractivity contribution < 1.29 is 4.52 Å². The van der Waals surface area contributed by atoms with Crippen molar-refractivity contribution in [3.05, 3.63) is 33.9 Å². The summed E-state index contributed by atoms with van der Waals surface area (Å²) >= 11 is 3.53. The quantitative estimate of drug-likeness (QED) is 0.741. The molecule has 5 heteroatoms. The summed E-state index contributed by atoms with van der Waals surface area (Å²) in [6.07, 6.45) is 0. The number of nitrogens with one attached hydrogen (secondary N) is 1. The summed E-state index contributed by atoms with van der Waals surface area (Å²) in [6, 6.07) is 4.08. The molecule has 0 radical (unpaired) electrons. The van der Waals surface area contributed by atoms with Gasteiger partial charge in [0.25, 0.3) is 0 Å². The Bertz CT molecular complexity index is 723. The minimum Gasteiger partial charge on any atom is -0.361 e. The van der Waals surface area contributed by atoms with Crippen LogP contribution in [-0.4, -0.2) is 15.1 Å². The number of halogens is 1. The molecule has 0 saturated carbocycles. The number of hydrogen-bond acceptors (Lipinski definition) is 3. The van der Waals surface area contributed by atoms with Gasteiger partial charge in [0.1, 0.15) is 11.6 Å². The van der Waals surface area contributed by atoms with Gasteiger partial charge in [-0.05, 0) is 32.9 Å². The van der Waals surface area contributed by atoms with Crippen molar-refractivity contribution in [2.75, 3.05) is 0 Å². The van der Waals surface area contributed by atoms with E-state index in [1.807, 2.05) is 26.8 Å². The summed E-state index contributed by atoms with van der Waals surface area (Å²) < 4.78 is 6.25. The smallest absolute Gasteiger partial charge is 0.141 e. The van der Waals surface area contributed by atoms with E-state index in [1.165, 1.54) is 0 Å². The largest absolute Gasteiger partial charge is 0.361 e. The lowest BCUT2D eigenvalue weighted by Crippen LogP contribution is -1.85. The van der Waals surface area contributed by atoms with Crippen LogP contribution < -0.4 is 0 Å². The van der Waals surface area contributed by atoms with Crippen LogP contribution >= 0.6 is 15.9 Å². The van der Waals surface area contributed by atoms with E-state index in [0.717, 1.165) is 43.9 Å². The Morgan fingerprint density at radius 1 is 1.22 bits per heavy atom. The predicted octanol–water partition coefficient (Wildman–Crippen LogP) is 3.91. The van der Waals surface area contributed by atoms with Gasteiger partial charge in [0.2, 0.25) is 0 Å². The Kier molecular flexibility index (Phi) is 2.52. The zero-order chi connectivity index (χ0) is 12.9.